The molecule has 2 heterocycles. The van der Waals surface area contributed by atoms with Gasteiger partial charge in [-0.15, -0.1) is 0 Å². The number of anilines is 1. The van der Waals surface area contributed by atoms with E-state index in [1.807, 2.05) is 6.92 Å². The van der Waals surface area contributed by atoms with E-state index in [1.165, 1.54) is 12.3 Å². The van der Waals surface area contributed by atoms with Crippen LogP contribution in [0.15, 0.2) is 18.3 Å². The number of rotatable bonds is 3. The zero-order valence-corrected chi connectivity index (χ0v) is 10.2. The lowest BCUT2D eigenvalue weighted by atomic mass is 10.3. The fourth-order valence-corrected chi connectivity index (χ4v) is 2.19. The molecule has 1 saturated heterocycles. The molecule has 1 N–H and O–H groups in total. The zero-order valence-electron chi connectivity index (χ0n) is 10.2. The summed E-state index contributed by atoms with van der Waals surface area (Å²) in [5.41, 5.74) is -0.0860. The van der Waals surface area contributed by atoms with Crippen molar-refractivity contribution in [2.45, 2.75) is 25.6 Å². The maximum atomic E-state index is 12.4. The molecule has 18 heavy (non-hydrogen) atoms. The number of nitrogens with one attached hydrogen (secondary N) is 1. The summed E-state index contributed by atoms with van der Waals surface area (Å²) < 4.78 is 37.1. The third-order valence-corrected chi connectivity index (χ3v) is 3.08. The Bertz CT molecular complexity index is 389. The Hall–Kier alpha value is -1.30. The summed E-state index contributed by atoms with van der Waals surface area (Å²) in [7, 11) is 0. The molecule has 1 unspecified atom stereocenters. The summed E-state index contributed by atoms with van der Waals surface area (Å²) in [5, 5.41) is 3.34. The van der Waals surface area contributed by atoms with E-state index in [0.29, 0.717) is 6.04 Å². The summed E-state index contributed by atoms with van der Waals surface area (Å²) in [6, 6.07) is 2.94. The van der Waals surface area contributed by atoms with Gasteiger partial charge in [-0.3, -0.25) is 0 Å². The molecule has 1 aromatic heterocycles. The molecule has 1 aliphatic heterocycles. The normalized spacial score (nSPS) is 20.4. The molecular weight excluding hydrogens is 243 g/mol. The maximum Gasteiger partial charge on any atom is 0.433 e. The smallest absolute Gasteiger partial charge is 0.369 e. The first-order valence-corrected chi connectivity index (χ1v) is 6.02. The number of nitrogens with zero attached hydrogens (tertiary/aromatic N) is 2. The minimum Gasteiger partial charge on any atom is -0.369 e. The van der Waals surface area contributed by atoms with Crippen molar-refractivity contribution in [1.29, 1.82) is 0 Å². The van der Waals surface area contributed by atoms with Gasteiger partial charge in [0.2, 0.25) is 0 Å². The molecule has 1 atom stereocenters. The van der Waals surface area contributed by atoms with Crippen LogP contribution in [0, 0.1) is 0 Å². The van der Waals surface area contributed by atoms with Crippen molar-refractivity contribution < 1.29 is 13.2 Å². The standard InChI is InChI=1S/C12H16F3N3/c1-2-16-9-5-6-18(8-9)10-3-4-11(17-7-10)12(13,14)15/h3-4,7,9,16H,2,5-6,8H2,1H3. The van der Waals surface area contributed by atoms with Gasteiger partial charge in [-0.05, 0) is 25.1 Å². The topological polar surface area (TPSA) is 28.2 Å². The Balaban J connectivity index is 2.03. The van der Waals surface area contributed by atoms with Crippen LogP contribution in [0.25, 0.3) is 0 Å². The van der Waals surface area contributed by atoms with Gasteiger partial charge >= 0.3 is 6.18 Å². The average Bonchev–Trinajstić information content (AvgIpc) is 2.77. The Labute approximate surface area is 104 Å². The molecule has 0 spiro atoms. The minimum absolute atomic E-state index is 0.414. The van der Waals surface area contributed by atoms with Gasteiger partial charge in [0.1, 0.15) is 5.69 Å². The number of aromatic nitrogens is 1. The van der Waals surface area contributed by atoms with Gasteiger partial charge in [-0.25, -0.2) is 4.98 Å². The van der Waals surface area contributed by atoms with Crippen molar-refractivity contribution in [3.8, 4) is 0 Å². The average molecular weight is 259 g/mol. The monoisotopic (exact) mass is 259 g/mol. The van der Waals surface area contributed by atoms with Crippen molar-refractivity contribution in [2.75, 3.05) is 24.5 Å². The summed E-state index contributed by atoms with van der Waals surface area (Å²) in [6.45, 7) is 4.62. The van der Waals surface area contributed by atoms with E-state index in [0.717, 1.165) is 37.8 Å². The van der Waals surface area contributed by atoms with Crippen molar-refractivity contribution >= 4 is 5.69 Å². The third-order valence-electron chi connectivity index (χ3n) is 3.08. The van der Waals surface area contributed by atoms with E-state index in [2.05, 4.69) is 15.2 Å². The van der Waals surface area contributed by atoms with Gasteiger partial charge in [0.05, 0.1) is 11.9 Å². The predicted molar refractivity (Wildman–Crippen MR) is 63.5 cm³/mol. The van der Waals surface area contributed by atoms with Crippen molar-refractivity contribution in [3.05, 3.63) is 24.0 Å². The fourth-order valence-electron chi connectivity index (χ4n) is 2.19. The van der Waals surface area contributed by atoms with Crippen LogP contribution in [0.5, 0.6) is 0 Å². The lowest BCUT2D eigenvalue weighted by Gasteiger charge is -2.19. The second-order valence-electron chi connectivity index (χ2n) is 4.39. The number of likely N-dealkylation sites (N-methyl/N-ethyl adjacent to an activating group) is 1. The van der Waals surface area contributed by atoms with Gasteiger partial charge in [0.25, 0.3) is 0 Å². The van der Waals surface area contributed by atoms with Crippen LogP contribution in [0.2, 0.25) is 0 Å². The number of alkyl halides is 3. The molecule has 0 radical (unpaired) electrons. The second kappa shape index (κ2) is 5.14. The first-order chi connectivity index (χ1) is 8.50. The molecule has 0 amide bonds. The minimum atomic E-state index is -4.37. The van der Waals surface area contributed by atoms with E-state index in [9.17, 15) is 13.2 Å². The Morgan fingerprint density at radius 3 is 2.78 bits per heavy atom. The molecule has 0 aliphatic carbocycles. The molecule has 0 saturated carbocycles. The number of hydrogen-bond donors (Lipinski definition) is 1. The first kappa shape index (κ1) is 13.1. The van der Waals surface area contributed by atoms with Gasteiger partial charge in [-0.2, -0.15) is 13.2 Å². The summed E-state index contributed by atoms with van der Waals surface area (Å²) >= 11 is 0. The van der Waals surface area contributed by atoms with Gasteiger partial charge in [0, 0.05) is 19.1 Å². The quantitative estimate of drug-likeness (QED) is 0.902. The zero-order chi connectivity index (χ0) is 13.2. The molecular formula is C12H16F3N3. The highest BCUT2D eigenvalue weighted by Crippen LogP contribution is 2.29. The lowest BCUT2D eigenvalue weighted by Crippen LogP contribution is -2.32. The van der Waals surface area contributed by atoms with Crippen molar-refractivity contribution in [1.82, 2.24) is 10.3 Å². The van der Waals surface area contributed by atoms with E-state index in [4.69, 9.17) is 0 Å². The Morgan fingerprint density at radius 2 is 2.22 bits per heavy atom. The van der Waals surface area contributed by atoms with E-state index < -0.39 is 11.9 Å². The number of pyridine rings is 1. The Kier molecular flexibility index (Phi) is 3.75. The van der Waals surface area contributed by atoms with Gasteiger partial charge in [-0.1, -0.05) is 6.92 Å². The predicted octanol–water partition coefficient (Wildman–Crippen LogP) is 2.29. The summed E-state index contributed by atoms with van der Waals surface area (Å²) in [5.74, 6) is 0. The highest BCUT2D eigenvalue weighted by Gasteiger charge is 2.32. The second-order valence-corrected chi connectivity index (χ2v) is 4.39. The molecule has 1 aliphatic rings. The fraction of sp³-hybridized carbons (Fsp3) is 0.583. The van der Waals surface area contributed by atoms with Crippen molar-refractivity contribution in [2.24, 2.45) is 0 Å². The van der Waals surface area contributed by atoms with E-state index in [-0.39, 0.29) is 0 Å². The lowest BCUT2D eigenvalue weighted by molar-refractivity contribution is -0.141. The molecule has 100 valence electrons. The number of hydrogen-bond acceptors (Lipinski definition) is 3. The van der Waals surface area contributed by atoms with Crippen LogP contribution in [0.1, 0.15) is 19.0 Å². The molecule has 0 aromatic carbocycles. The third kappa shape index (κ3) is 2.93. The van der Waals surface area contributed by atoms with Gasteiger partial charge < -0.3 is 10.2 Å². The molecule has 1 fully saturated rings. The molecule has 3 nitrogen and oxygen atoms in total. The van der Waals surface area contributed by atoms with Crippen LogP contribution in [-0.4, -0.2) is 30.7 Å². The van der Waals surface area contributed by atoms with Crippen molar-refractivity contribution in [3.63, 3.8) is 0 Å². The summed E-state index contributed by atoms with van der Waals surface area (Å²) in [6.07, 6.45) is -2.05. The van der Waals surface area contributed by atoms with Crippen LogP contribution >= 0.6 is 0 Å². The molecule has 2 rings (SSSR count). The molecule has 0 bridgehead atoms. The maximum absolute atomic E-state index is 12.4. The first-order valence-electron chi connectivity index (χ1n) is 6.02. The van der Waals surface area contributed by atoms with Gasteiger partial charge in [0.15, 0.2) is 0 Å². The largest absolute Gasteiger partial charge is 0.433 e. The van der Waals surface area contributed by atoms with Crippen LogP contribution in [-0.2, 0) is 6.18 Å². The molecule has 6 heteroatoms. The Morgan fingerprint density at radius 1 is 1.44 bits per heavy atom. The van der Waals surface area contributed by atoms with Crippen LogP contribution in [0.3, 0.4) is 0 Å². The number of halogens is 3. The van der Waals surface area contributed by atoms with Crippen LogP contribution in [0.4, 0.5) is 18.9 Å². The highest BCUT2D eigenvalue weighted by atomic mass is 19.4. The van der Waals surface area contributed by atoms with E-state index in [1.54, 1.807) is 0 Å². The SMILES string of the molecule is CCNC1CCN(c2ccc(C(F)(F)F)nc2)C1. The molecule has 1 aromatic rings. The summed E-state index contributed by atoms with van der Waals surface area (Å²) in [4.78, 5) is 5.53. The highest BCUT2D eigenvalue weighted by molar-refractivity contribution is 5.46. The van der Waals surface area contributed by atoms with Crippen LogP contribution < -0.4 is 10.2 Å². The van der Waals surface area contributed by atoms with E-state index >= 15 is 0 Å².